The third-order valence-electron chi connectivity index (χ3n) is 4.05. The van der Waals surface area contributed by atoms with Gasteiger partial charge in [0.2, 0.25) is 5.78 Å². The van der Waals surface area contributed by atoms with Crippen LogP contribution in [0.2, 0.25) is 0 Å². The lowest BCUT2D eigenvalue weighted by Crippen LogP contribution is -2.27. The SMILES string of the molecule is COC(=O)/C=C1/C(=O)C=C2c3cc(OC)c(OC)cc3CCN21. The van der Waals surface area contributed by atoms with E-state index in [4.69, 9.17) is 9.47 Å². The molecule has 0 radical (unpaired) electrons. The number of nitrogens with zero attached hydrogens (tertiary/aromatic N) is 1. The van der Waals surface area contributed by atoms with E-state index in [-0.39, 0.29) is 5.78 Å². The lowest BCUT2D eigenvalue weighted by molar-refractivity contribution is -0.135. The number of hydrogen-bond acceptors (Lipinski definition) is 6. The van der Waals surface area contributed by atoms with Crippen LogP contribution in [-0.2, 0) is 20.7 Å². The van der Waals surface area contributed by atoms with Crippen molar-refractivity contribution in [3.63, 3.8) is 0 Å². The van der Waals surface area contributed by atoms with Gasteiger partial charge in [-0.15, -0.1) is 0 Å². The van der Waals surface area contributed by atoms with Gasteiger partial charge in [-0.2, -0.15) is 0 Å². The Morgan fingerprint density at radius 1 is 1.17 bits per heavy atom. The molecule has 0 aliphatic carbocycles. The molecule has 6 heteroatoms. The van der Waals surface area contributed by atoms with Gasteiger partial charge in [0, 0.05) is 18.2 Å². The fourth-order valence-electron chi connectivity index (χ4n) is 2.92. The van der Waals surface area contributed by atoms with E-state index >= 15 is 0 Å². The van der Waals surface area contributed by atoms with Crippen molar-refractivity contribution in [3.05, 3.63) is 41.1 Å². The van der Waals surface area contributed by atoms with E-state index < -0.39 is 5.97 Å². The Morgan fingerprint density at radius 2 is 1.87 bits per heavy atom. The second kappa shape index (κ2) is 5.79. The summed E-state index contributed by atoms with van der Waals surface area (Å²) in [6.45, 7) is 0.614. The van der Waals surface area contributed by atoms with Crippen molar-refractivity contribution in [1.82, 2.24) is 4.90 Å². The fourth-order valence-corrected chi connectivity index (χ4v) is 2.92. The number of esters is 1. The highest BCUT2D eigenvalue weighted by atomic mass is 16.5. The zero-order valence-corrected chi connectivity index (χ0v) is 13.2. The Labute approximate surface area is 133 Å². The molecule has 0 atom stereocenters. The van der Waals surface area contributed by atoms with Crippen LogP contribution in [-0.4, -0.2) is 44.5 Å². The maximum atomic E-state index is 12.2. The third-order valence-corrected chi connectivity index (χ3v) is 4.05. The van der Waals surface area contributed by atoms with E-state index in [0.29, 0.717) is 23.7 Å². The molecule has 2 aliphatic heterocycles. The van der Waals surface area contributed by atoms with Crippen LogP contribution in [0.5, 0.6) is 11.5 Å². The molecule has 0 unspecified atom stereocenters. The normalized spacial score (nSPS) is 17.5. The van der Waals surface area contributed by atoms with Crippen LogP contribution in [0.4, 0.5) is 0 Å². The monoisotopic (exact) mass is 315 g/mol. The van der Waals surface area contributed by atoms with E-state index in [1.54, 1.807) is 20.3 Å². The first-order chi connectivity index (χ1) is 11.1. The van der Waals surface area contributed by atoms with Gasteiger partial charge in [0.15, 0.2) is 11.5 Å². The van der Waals surface area contributed by atoms with Crippen LogP contribution in [0, 0.1) is 0 Å². The number of methoxy groups -OCH3 is 3. The molecular formula is C17H17NO5. The first-order valence-corrected chi connectivity index (χ1v) is 7.17. The van der Waals surface area contributed by atoms with Crippen LogP contribution in [0.3, 0.4) is 0 Å². The molecule has 3 rings (SSSR count). The second-order valence-corrected chi connectivity index (χ2v) is 5.21. The summed E-state index contributed by atoms with van der Waals surface area (Å²) < 4.78 is 15.3. The van der Waals surface area contributed by atoms with Gasteiger partial charge in [0.05, 0.1) is 38.8 Å². The highest BCUT2D eigenvalue weighted by molar-refractivity contribution is 6.15. The van der Waals surface area contributed by atoms with Crippen molar-refractivity contribution in [2.75, 3.05) is 27.9 Å². The van der Waals surface area contributed by atoms with E-state index in [1.807, 2.05) is 17.0 Å². The molecule has 2 aliphatic rings. The number of carbonyl (C=O) groups is 2. The van der Waals surface area contributed by atoms with E-state index in [0.717, 1.165) is 23.2 Å². The average Bonchev–Trinajstić information content (AvgIpc) is 2.89. The molecule has 0 fully saturated rings. The minimum absolute atomic E-state index is 0.201. The zero-order valence-electron chi connectivity index (χ0n) is 13.2. The smallest absolute Gasteiger partial charge is 0.332 e. The minimum Gasteiger partial charge on any atom is -0.493 e. The molecule has 0 bridgehead atoms. The predicted molar refractivity (Wildman–Crippen MR) is 83.0 cm³/mol. The first-order valence-electron chi connectivity index (χ1n) is 7.17. The molecule has 0 aromatic heterocycles. The lowest BCUT2D eigenvalue weighted by atomic mass is 9.96. The van der Waals surface area contributed by atoms with Crippen molar-refractivity contribution in [1.29, 1.82) is 0 Å². The van der Waals surface area contributed by atoms with E-state index in [1.165, 1.54) is 13.2 Å². The van der Waals surface area contributed by atoms with Gasteiger partial charge in [-0.3, -0.25) is 4.79 Å². The fraction of sp³-hybridized carbons (Fsp3) is 0.294. The summed E-state index contributed by atoms with van der Waals surface area (Å²) in [4.78, 5) is 25.6. The molecule has 1 aromatic carbocycles. The Morgan fingerprint density at radius 3 is 2.52 bits per heavy atom. The van der Waals surface area contributed by atoms with E-state index in [9.17, 15) is 9.59 Å². The number of benzene rings is 1. The van der Waals surface area contributed by atoms with Gasteiger partial charge in [0.1, 0.15) is 0 Å². The van der Waals surface area contributed by atoms with Crippen LogP contribution < -0.4 is 9.47 Å². The largest absolute Gasteiger partial charge is 0.493 e. The lowest BCUT2D eigenvalue weighted by Gasteiger charge is -2.30. The summed E-state index contributed by atoms with van der Waals surface area (Å²) in [5, 5.41) is 0. The molecule has 1 aromatic rings. The van der Waals surface area contributed by atoms with Crippen molar-refractivity contribution in [2.24, 2.45) is 0 Å². The number of ether oxygens (including phenoxy) is 3. The quantitative estimate of drug-likeness (QED) is 0.623. The van der Waals surface area contributed by atoms with Crippen molar-refractivity contribution >= 4 is 17.4 Å². The number of carbonyl (C=O) groups excluding carboxylic acids is 2. The summed E-state index contributed by atoms with van der Waals surface area (Å²) in [7, 11) is 4.45. The maximum Gasteiger partial charge on any atom is 0.332 e. The molecule has 0 spiro atoms. The van der Waals surface area contributed by atoms with Gasteiger partial charge < -0.3 is 19.1 Å². The molecule has 6 nitrogen and oxygen atoms in total. The number of allylic oxidation sites excluding steroid dienone is 1. The summed E-state index contributed by atoms with van der Waals surface area (Å²) in [5.74, 6) is 0.524. The van der Waals surface area contributed by atoms with Crippen LogP contribution >= 0.6 is 0 Å². The summed E-state index contributed by atoms with van der Waals surface area (Å²) in [6, 6.07) is 3.79. The van der Waals surface area contributed by atoms with Crippen LogP contribution in [0.15, 0.2) is 30.0 Å². The van der Waals surface area contributed by atoms with Crippen molar-refractivity contribution < 1.29 is 23.8 Å². The van der Waals surface area contributed by atoms with Crippen LogP contribution in [0.25, 0.3) is 5.70 Å². The Bertz CT molecular complexity index is 748. The van der Waals surface area contributed by atoms with Gasteiger partial charge in [-0.25, -0.2) is 4.79 Å². The molecular weight excluding hydrogens is 298 g/mol. The average molecular weight is 315 g/mol. The topological polar surface area (TPSA) is 65.1 Å². The molecule has 23 heavy (non-hydrogen) atoms. The van der Waals surface area contributed by atoms with Crippen molar-refractivity contribution in [3.8, 4) is 11.5 Å². The Kier molecular flexibility index (Phi) is 3.82. The number of rotatable bonds is 3. The zero-order chi connectivity index (χ0) is 16.6. The molecule has 2 heterocycles. The number of fused-ring (bicyclic) bond motifs is 3. The molecule has 0 saturated carbocycles. The van der Waals surface area contributed by atoms with Crippen LogP contribution in [0.1, 0.15) is 11.1 Å². The van der Waals surface area contributed by atoms with Crippen molar-refractivity contribution in [2.45, 2.75) is 6.42 Å². The molecule has 0 saturated heterocycles. The predicted octanol–water partition coefficient (Wildman–Crippen LogP) is 1.54. The molecule has 0 N–H and O–H groups in total. The second-order valence-electron chi connectivity index (χ2n) is 5.21. The third kappa shape index (κ3) is 2.46. The summed E-state index contributed by atoms with van der Waals surface area (Å²) in [5.41, 5.74) is 3.10. The molecule has 120 valence electrons. The maximum absolute atomic E-state index is 12.2. The van der Waals surface area contributed by atoms with E-state index in [2.05, 4.69) is 4.74 Å². The minimum atomic E-state index is -0.541. The molecule has 0 amide bonds. The Balaban J connectivity index is 2.06. The Hall–Kier alpha value is -2.76. The highest BCUT2D eigenvalue weighted by Crippen LogP contribution is 2.41. The van der Waals surface area contributed by atoms with Gasteiger partial charge in [-0.05, 0) is 24.1 Å². The first kappa shape index (κ1) is 15.1. The summed E-state index contributed by atoms with van der Waals surface area (Å²) >= 11 is 0. The number of hydrogen-bond donors (Lipinski definition) is 0. The summed E-state index contributed by atoms with van der Waals surface area (Å²) in [6.07, 6.45) is 3.51. The highest BCUT2D eigenvalue weighted by Gasteiger charge is 2.33. The van der Waals surface area contributed by atoms with Gasteiger partial charge in [-0.1, -0.05) is 0 Å². The number of ketones is 1. The standard InChI is InChI=1S/C17H17NO5/c1-21-15-6-10-4-5-18-12(11(10)7-16(15)22-2)8-14(19)13(18)9-17(20)23-3/h6-9H,4-5H2,1-3H3/b13-9-. The van der Waals surface area contributed by atoms with Gasteiger partial charge in [0.25, 0.3) is 0 Å². The van der Waals surface area contributed by atoms with Gasteiger partial charge >= 0.3 is 5.97 Å².